The van der Waals surface area contributed by atoms with Crippen LogP contribution in [0.5, 0.6) is 0 Å². The van der Waals surface area contributed by atoms with Gasteiger partial charge in [0.1, 0.15) is 0 Å². The molecule has 0 bridgehead atoms. The molecule has 150 valence electrons. The number of aromatic nitrogens is 2. The molecule has 1 saturated carbocycles. The van der Waals surface area contributed by atoms with Gasteiger partial charge in [-0.3, -0.25) is 4.79 Å². The van der Waals surface area contributed by atoms with Crippen LogP contribution in [-0.4, -0.2) is 47.3 Å². The van der Waals surface area contributed by atoms with Gasteiger partial charge in [0.25, 0.3) is 5.91 Å². The lowest BCUT2D eigenvalue weighted by atomic mass is 9.74. The molecule has 1 unspecified atom stereocenters. The smallest absolute Gasteiger partial charge is 0.254 e. The lowest BCUT2D eigenvalue weighted by molar-refractivity contribution is 0.0607. The van der Waals surface area contributed by atoms with Crippen LogP contribution in [0.1, 0.15) is 72.9 Å². The fourth-order valence-electron chi connectivity index (χ4n) is 4.75. The van der Waals surface area contributed by atoms with E-state index in [0.29, 0.717) is 12.5 Å². The van der Waals surface area contributed by atoms with E-state index in [1.165, 1.54) is 12.8 Å². The van der Waals surface area contributed by atoms with Gasteiger partial charge in [-0.15, -0.1) is 0 Å². The molecule has 5 rings (SSSR count). The first-order valence-electron chi connectivity index (χ1n) is 10.5. The Hall–Kier alpha value is -1.73. The van der Waals surface area contributed by atoms with Gasteiger partial charge in [-0.05, 0) is 49.5 Å². The quantitative estimate of drug-likeness (QED) is 0.757. The molecule has 1 aliphatic carbocycles. The maximum absolute atomic E-state index is 13.0. The molecular formula is C21H27N3O3S. The third kappa shape index (κ3) is 3.62. The molecule has 0 spiro atoms. The van der Waals surface area contributed by atoms with Crippen molar-refractivity contribution in [1.29, 1.82) is 0 Å². The Balaban J connectivity index is 1.40. The average Bonchev–Trinajstić information content (AvgIpc) is 3.20. The van der Waals surface area contributed by atoms with Crippen LogP contribution in [0.25, 0.3) is 0 Å². The Kier molecular flexibility index (Phi) is 4.97. The zero-order valence-corrected chi connectivity index (χ0v) is 17.0. The summed E-state index contributed by atoms with van der Waals surface area (Å²) < 4.78 is 11.2. The zero-order valence-electron chi connectivity index (χ0n) is 16.1. The molecule has 1 atom stereocenters. The Bertz CT molecular complexity index is 811. The second-order valence-electron chi connectivity index (χ2n) is 8.61. The summed E-state index contributed by atoms with van der Waals surface area (Å²) in [4.78, 5) is 19.9. The van der Waals surface area contributed by atoms with Crippen molar-refractivity contribution in [2.75, 3.05) is 26.3 Å². The molecule has 7 heteroatoms. The zero-order chi connectivity index (χ0) is 19.0. The SMILES string of the molecule is O=C(c1ccsc1)N1CCCC(CC2CC2)(c2noc(C3CCOCC3)n2)C1. The van der Waals surface area contributed by atoms with E-state index in [2.05, 4.69) is 5.16 Å². The summed E-state index contributed by atoms with van der Waals surface area (Å²) in [5.74, 6) is 2.76. The number of hydrogen-bond donors (Lipinski definition) is 0. The molecule has 6 nitrogen and oxygen atoms in total. The van der Waals surface area contributed by atoms with Crippen molar-refractivity contribution in [3.05, 3.63) is 34.1 Å². The number of thiophene rings is 1. The number of hydrogen-bond acceptors (Lipinski definition) is 6. The van der Waals surface area contributed by atoms with Crippen LogP contribution in [0.4, 0.5) is 0 Å². The van der Waals surface area contributed by atoms with E-state index < -0.39 is 0 Å². The molecule has 4 heterocycles. The molecule has 3 fully saturated rings. The Morgan fingerprint density at radius 3 is 2.89 bits per heavy atom. The van der Waals surface area contributed by atoms with Crippen LogP contribution >= 0.6 is 11.3 Å². The standard InChI is InChI=1S/C21H27N3O3S/c25-19(17-6-11-28-13-17)24-8-1-7-21(14-24,12-15-2-3-15)20-22-18(27-23-20)16-4-9-26-10-5-16/h6,11,13,15-16H,1-5,7-10,12,14H2. The van der Waals surface area contributed by atoms with Crippen molar-refractivity contribution in [3.8, 4) is 0 Å². The van der Waals surface area contributed by atoms with E-state index in [9.17, 15) is 4.79 Å². The summed E-state index contributed by atoms with van der Waals surface area (Å²) in [6, 6.07) is 1.92. The van der Waals surface area contributed by atoms with Crippen molar-refractivity contribution in [3.63, 3.8) is 0 Å². The van der Waals surface area contributed by atoms with Gasteiger partial charge < -0.3 is 14.2 Å². The van der Waals surface area contributed by atoms with Crippen LogP contribution in [0, 0.1) is 5.92 Å². The molecular weight excluding hydrogens is 374 g/mol. The van der Waals surface area contributed by atoms with Crippen LogP contribution in [-0.2, 0) is 10.2 Å². The number of likely N-dealkylation sites (tertiary alicyclic amines) is 1. The van der Waals surface area contributed by atoms with E-state index in [1.54, 1.807) is 11.3 Å². The predicted molar refractivity (Wildman–Crippen MR) is 106 cm³/mol. The minimum Gasteiger partial charge on any atom is -0.381 e. The summed E-state index contributed by atoms with van der Waals surface area (Å²) in [5.41, 5.74) is 0.626. The van der Waals surface area contributed by atoms with E-state index in [-0.39, 0.29) is 11.3 Å². The monoisotopic (exact) mass is 401 g/mol. The summed E-state index contributed by atoms with van der Waals surface area (Å²) in [7, 11) is 0. The van der Waals surface area contributed by atoms with Gasteiger partial charge in [-0.25, -0.2) is 0 Å². The molecule has 2 aromatic heterocycles. The van der Waals surface area contributed by atoms with Gasteiger partial charge in [0.2, 0.25) is 5.89 Å². The second-order valence-corrected chi connectivity index (χ2v) is 9.39. The number of piperidine rings is 1. The van der Waals surface area contributed by atoms with Crippen molar-refractivity contribution in [2.24, 2.45) is 5.92 Å². The van der Waals surface area contributed by atoms with Gasteiger partial charge in [0.05, 0.1) is 11.0 Å². The minimum absolute atomic E-state index is 0.134. The topological polar surface area (TPSA) is 68.5 Å². The molecule has 0 aromatic carbocycles. The van der Waals surface area contributed by atoms with E-state index in [1.807, 2.05) is 21.7 Å². The first-order valence-corrected chi connectivity index (χ1v) is 11.4. The highest BCUT2D eigenvalue weighted by atomic mass is 32.1. The van der Waals surface area contributed by atoms with Crippen LogP contribution in [0.15, 0.2) is 21.3 Å². The number of nitrogens with zero attached hydrogens (tertiary/aromatic N) is 3. The predicted octanol–water partition coefficient (Wildman–Crippen LogP) is 4.00. The summed E-state index contributed by atoms with van der Waals surface area (Å²) >= 11 is 1.57. The van der Waals surface area contributed by atoms with Gasteiger partial charge in [-0.1, -0.05) is 18.0 Å². The Morgan fingerprint density at radius 1 is 1.29 bits per heavy atom. The lowest BCUT2D eigenvalue weighted by Gasteiger charge is -2.41. The highest BCUT2D eigenvalue weighted by Crippen LogP contribution is 2.46. The van der Waals surface area contributed by atoms with E-state index in [4.69, 9.17) is 14.2 Å². The second kappa shape index (κ2) is 7.59. The van der Waals surface area contributed by atoms with Crippen molar-refractivity contribution in [2.45, 2.75) is 56.3 Å². The molecule has 0 radical (unpaired) electrons. The number of ether oxygens (including phenoxy) is 1. The normalized spacial score (nSPS) is 26.5. The first-order chi connectivity index (χ1) is 13.7. The van der Waals surface area contributed by atoms with Gasteiger partial charge >= 0.3 is 0 Å². The molecule has 2 aromatic rings. The van der Waals surface area contributed by atoms with E-state index in [0.717, 1.165) is 75.1 Å². The van der Waals surface area contributed by atoms with Crippen LogP contribution < -0.4 is 0 Å². The van der Waals surface area contributed by atoms with Crippen molar-refractivity contribution >= 4 is 17.2 Å². The minimum atomic E-state index is -0.169. The Morgan fingerprint density at radius 2 is 2.14 bits per heavy atom. The number of carbonyl (C=O) groups is 1. The van der Waals surface area contributed by atoms with Crippen LogP contribution in [0.2, 0.25) is 0 Å². The average molecular weight is 402 g/mol. The summed E-state index contributed by atoms with van der Waals surface area (Å²) in [6.07, 6.45) is 7.54. The molecule has 2 saturated heterocycles. The lowest BCUT2D eigenvalue weighted by Crippen LogP contribution is -2.49. The van der Waals surface area contributed by atoms with Gasteiger partial charge in [0.15, 0.2) is 5.82 Å². The number of amides is 1. The molecule has 28 heavy (non-hydrogen) atoms. The highest BCUT2D eigenvalue weighted by Gasteiger charge is 2.46. The molecule has 1 amide bonds. The van der Waals surface area contributed by atoms with Crippen LogP contribution in [0.3, 0.4) is 0 Å². The highest BCUT2D eigenvalue weighted by molar-refractivity contribution is 7.08. The van der Waals surface area contributed by atoms with E-state index >= 15 is 0 Å². The number of carbonyl (C=O) groups excluding carboxylic acids is 1. The molecule has 0 N–H and O–H groups in total. The summed E-state index contributed by atoms with van der Waals surface area (Å²) in [5, 5.41) is 8.37. The summed E-state index contributed by atoms with van der Waals surface area (Å²) in [6.45, 7) is 3.04. The fraction of sp³-hybridized carbons (Fsp3) is 0.667. The maximum atomic E-state index is 13.0. The maximum Gasteiger partial charge on any atom is 0.254 e. The fourth-order valence-corrected chi connectivity index (χ4v) is 5.38. The van der Waals surface area contributed by atoms with Crippen molar-refractivity contribution < 1.29 is 14.1 Å². The number of rotatable bonds is 5. The van der Waals surface area contributed by atoms with Gasteiger partial charge in [0, 0.05) is 37.6 Å². The molecule has 2 aliphatic heterocycles. The first kappa shape index (κ1) is 18.3. The Labute approximate surface area is 169 Å². The third-order valence-electron chi connectivity index (χ3n) is 6.50. The largest absolute Gasteiger partial charge is 0.381 e. The van der Waals surface area contributed by atoms with Gasteiger partial charge in [-0.2, -0.15) is 16.3 Å². The third-order valence-corrected chi connectivity index (χ3v) is 7.18. The molecule has 3 aliphatic rings. The van der Waals surface area contributed by atoms with Crippen molar-refractivity contribution in [1.82, 2.24) is 15.0 Å².